The summed E-state index contributed by atoms with van der Waals surface area (Å²) in [5, 5.41) is 6.45. The van der Waals surface area contributed by atoms with Gasteiger partial charge in [0.15, 0.2) is 0 Å². The average molecular weight is 498 g/mol. The van der Waals surface area contributed by atoms with E-state index >= 15 is 0 Å². The second-order valence-corrected chi connectivity index (χ2v) is 9.40. The molecular weight excluding hydrogens is 467 g/mol. The first kappa shape index (κ1) is 24.4. The summed E-state index contributed by atoms with van der Waals surface area (Å²) in [5.41, 5.74) is 2.40. The van der Waals surface area contributed by atoms with Gasteiger partial charge in [0.25, 0.3) is 0 Å². The Bertz CT molecular complexity index is 1130. The predicted molar refractivity (Wildman–Crippen MR) is 133 cm³/mol. The van der Waals surface area contributed by atoms with Crippen LogP contribution < -0.4 is 10.6 Å². The molecule has 0 amide bonds. The minimum atomic E-state index is -4.32. The van der Waals surface area contributed by atoms with Crippen molar-refractivity contribution in [1.29, 1.82) is 0 Å². The van der Waals surface area contributed by atoms with E-state index in [0.29, 0.717) is 19.0 Å². The van der Waals surface area contributed by atoms with Gasteiger partial charge in [-0.3, -0.25) is 4.90 Å². The van der Waals surface area contributed by atoms with E-state index in [2.05, 4.69) is 25.5 Å². The van der Waals surface area contributed by atoms with Gasteiger partial charge >= 0.3 is 6.18 Å². The number of alkyl halides is 3. The molecule has 0 aliphatic carbocycles. The third-order valence-corrected chi connectivity index (χ3v) is 6.81. The Balaban J connectivity index is 1.10. The van der Waals surface area contributed by atoms with Crippen molar-refractivity contribution >= 4 is 11.7 Å². The quantitative estimate of drug-likeness (QED) is 0.504. The highest BCUT2D eigenvalue weighted by atomic mass is 19.4. The van der Waals surface area contributed by atoms with Crippen molar-refractivity contribution in [1.82, 2.24) is 15.2 Å². The number of rotatable bonds is 9. The number of likely N-dealkylation sites (tertiary alicyclic amines) is 1. The Labute approximate surface area is 209 Å². The number of aromatic nitrogens is 1. The molecular formula is C27H30F3N5O. The Morgan fingerprint density at radius 1 is 1.06 bits per heavy atom. The SMILES string of the molecule is FC(F)(F)c1ccc(CNc2ccc(CC3=CN=C4NC=C(OCCN5CCCC5)CC34)cn2)cc1. The Morgan fingerprint density at radius 2 is 1.83 bits per heavy atom. The van der Waals surface area contributed by atoms with Crippen molar-refractivity contribution < 1.29 is 17.9 Å². The number of halogens is 3. The van der Waals surface area contributed by atoms with Gasteiger partial charge in [0.05, 0.1) is 5.56 Å². The lowest BCUT2D eigenvalue weighted by Crippen LogP contribution is -2.32. The first-order chi connectivity index (χ1) is 17.4. The Morgan fingerprint density at radius 3 is 2.56 bits per heavy atom. The molecule has 0 bridgehead atoms. The highest BCUT2D eigenvalue weighted by molar-refractivity contribution is 5.91. The van der Waals surface area contributed by atoms with E-state index < -0.39 is 11.7 Å². The van der Waals surface area contributed by atoms with E-state index in [1.807, 2.05) is 30.7 Å². The monoisotopic (exact) mass is 497 g/mol. The smallest absolute Gasteiger partial charge is 0.416 e. The summed E-state index contributed by atoms with van der Waals surface area (Å²) >= 11 is 0. The van der Waals surface area contributed by atoms with Gasteiger partial charge in [0.1, 0.15) is 24.0 Å². The van der Waals surface area contributed by atoms with Crippen LogP contribution in [0.1, 0.15) is 36.0 Å². The predicted octanol–water partition coefficient (Wildman–Crippen LogP) is 5.11. The number of allylic oxidation sites excluding steroid dienone is 1. The van der Waals surface area contributed by atoms with Crippen LogP contribution in [0.25, 0.3) is 0 Å². The average Bonchev–Trinajstić information content (AvgIpc) is 3.54. The van der Waals surface area contributed by atoms with Gasteiger partial charge in [-0.05, 0) is 67.3 Å². The van der Waals surface area contributed by atoms with Crippen LogP contribution >= 0.6 is 0 Å². The fourth-order valence-corrected chi connectivity index (χ4v) is 4.74. The number of ether oxygens (including phenoxy) is 1. The molecule has 3 aliphatic heterocycles. The number of nitrogens with zero attached hydrogens (tertiary/aromatic N) is 3. The van der Waals surface area contributed by atoms with Gasteiger partial charge in [-0.25, -0.2) is 9.98 Å². The molecule has 1 saturated heterocycles. The molecule has 2 N–H and O–H groups in total. The normalized spacial score (nSPS) is 19.8. The first-order valence-corrected chi connectivity index (χ1v) is 12.4. The summed E-state index contributed by atoms with van der Waals surface area (Å²) < 4.78 is 44.2. The highest BCUT2D eigenvalue weighted by Crippen LogP contribution is 2.32. The van der Waals surface area contributed by atoms with Gasteiger partial charge in [-0.1, -0.05) is 18.2 Å². The highest BCUT2D eigenvalue weighted by Gasteiger charge is 2.30. The van der Waals surface area contributed by atoms with Crippen LogP contribution in [0.2, 0.25) is 0 Å². The van der Waals surface area contributed by atoms with Crippen molar-refractivity contribution in [2.45, 2.75) is 38.4 Å². The number of anilines is 1. The van der Waals surface area contributed by atoms with Crippen LogP contribution in [0.5, 0.6) is 0 Å². The summed E-state index contributed by atoms with van der Waals surface area (Å²) in [4.78, 5) is 11.5. The maximum Gasteiger partial charge on any atom is 0.416 e. The number of hydrogen-bond acceptors (Lipinski definition) is 6. The molecule has 6 nitrogen and oxygen atoms in total. The van der Waals surface area contributed by atoms with Crippen molar-refractivity contribution in [3.05, 3.63) is 83.0 Å². The molecule has 1 fully saturated rings. The van der Waals surface area contributed by atoms with Gasteiger partial charge < -0.3 is 15.4 Å². The van der Waals surface area contributed by atoms with E-state index in [0.717, 1.165) is 54.2 Å². The molecule has 36 heavy (non-hydrogen) atoms. The van der Waals surface area contributed by atoms with Gasteiger partial charge in [-0.2, -0.15) is 13.2 Å². The lowest BCUT2D eigenvalue weighted by atomic mass is 9.90. The van der Waals surface area contributed by atoms with E-state index in [9.17, 15) is 13.2 Å². The molecule has 0 saturated carbocycles. The second-order valence-electron chi connectivity index (χ2n) is 9.40. The van der Waals surface area contributed by atoms with Crippen molar-refractivity contribution in [3.63, 3.8) is 0 Å². The summed E-state index contributed by atoms with van der Waals surface area (Å²) in [7, 11) is 0. The molecule has 1 unspecified atom stereocenters. The minimum absolute atomic E-state index is 0.189. The fraction of sp³-hybridized carbons (Fsp3) is 0.407. The van der Waals surface area contributed by atoms with Crippen LogP contribution in [-0.4, -0.2) is 42.0 Å². The summed E-state index contributed by atoms with van der Waals surface area (Å²) in [5.74, 6) is 2.78. The zero-order valence-corrected chi connectivity index (χ0v) is 20.0. The second kappa shape index (κ2) is 10.7. The zero-order valence-electron chi connectivity index (χ0n) is 20.0. The van der Waals surface area contributed by atoms with E-state index in [-0.39, 0.29) is 5.92 Å². The topological polar surface area (TPSA) is 61.8 Å². The maximum atomic E-state index is 12.7. The van der Waals surface area contributed by atoms with Crippen LogP contribution in [-0.2, 0) is 23.9 Å². The number of nitrogens with one attached hydrogen (secondary N) is 2. The minimum Gasteiger partial charge on any atom is -0.495 e. The van der Waals surface area contributed by atoms with Gasteiger partial charge in [0, 0.05) is 44.0 Å². The number of amidine groups is 1. The van der Waals surface area contributed by atoms with E-state index in [4.69, 9.17) is 4.74 Å². The number of pyridine rings is 1. The molecule has 1 aromatic heterocycles. The molecule has 9 heteroatoms. The molecule has 5 rings (SSSR count). The molecule has 0 spiro atoms. The van der Waals surface area contributed by atoms with E-state index in [1.165, 1.54) is 43.6 Å². The zero-order chi connectivity index (χ0) is 25.0. The van der Waals surface area contributed by atoms with Crippen LogP contribution in [0.4, 0.5) is 19.0 Å². The third-order valence-electron chi connectivity index (χ3n) is 6.81. The summed E-state index contributed by atoms with van der Waals surface area (Å²) in [6.45, 7) is 4.41. The lowest BCUT2D eigenvalue weighted by Gasteiger charge is -2.25. The molecule has 0 radical (unpaired) electrons. The number of hydrogen-bond donors (Lipinski definition) is 2. The molecule has 3 aliphatic rings. The fourth-order valence-electron chi connectivity index (χ4n) is 4.74. The maximum absolute atomic E-state index is 12.7. The number of fused-ring (bicyclic) bond motifs is 1. The van der Waals surface area contributed by atoms with Crippen molar-refractivity contribution in [3.8, 4) is 0 Å². The molecule has 2 aromatic rings. The molecule has 190 valence electrons. The van der Waals surface area contributed by atoms with Crippen LogP contribution in [0.15, 0.2) is 71.3 Å². The van der Waals surface area contributed by atoms with Gasteiger partial charge in [0.2, 0.25) is 0 Å². The molecule has 1 atom stereocenters. The molecule has 1 aromatic carbocycles. The lowest BCUT2D eigenvalue weighted by molar-refractivity contribution is -0.137. The number of aliphatic imine (C=N–C) groups is 1. The standard InChI is InChI=1S/C27H30F3N5O/c28-27(29,30)22-6-3-19(4-7-22)15-31-25-8-5-20(16-32-25)13-21-17-33-26-24(21)14-23(18-34-26)36-12-11-35-9-1-2-10-35/h3-8,16-18,24H,1-2,9-15H2,(H,31,32)(H,33,34). The Hall–Kier alpha value is -3.33. The number of benzene rings is 1. The third kappa shape index (κ3) is 6.07. The van der Waals surface area contributed by atoms with Crippen LogP contribution in [0.3, 0.4) is 0 Å². The van der Waals surface area contributed by atoms with Crippen molar-refractivity contribution in [2.75, 3.05) is 31.6 Å². The van der Waals surface area contributed by atoms with Gasteiger partial charge in [-0.15, -0.1) is 0 Å². The van der Waals surface area contributed by atoms with Crippen LogP contribution in [0, 0.1) is 5.92 Å². The van der Waals surface area contributed by atoms with E-state index in [1.54, 1.807) is 0 Å². The van der Waals surface area contributed by atoms with Crippen molar-refractivity contribution in [2.24, 2.45) is 10.9 Å². The molecule has 4 heterocycles. The summed E-state index contributed by atoms with van der Waals surface area (Å²) in [6, 6.07) is 9.05. The Kier molecular flexibility index (Phi) is 7.27. The summed E-state index contributed by atoms with van der Waals surface area (Å²) in [6.07, 6.45) is 5.48. The first-order valence-electron chi connectivity index (χ1n) is 12.4. The largest absolute Gasteiger partial charge is 0.495 e.